The van der Waals surface area contributed by atoms with E-state index in [0.29, 0.717) is 5.92 Å². The molecule has 13 heavy (non-hydrogen) atoms. The van der Waals surface area contributed by atoms with Crippen LogP contribution >= 0.6 is 22.6 Å². The van der Waals surface area contributed by atoms with Gasteiger partial charge in [0.15, 0.2) is 0 Å². The molecule has 2 heteroatoms. The number of benzene rings is 1. The fourth-order valence-corrected chi connectivity index (χ4v) is 2.24. The monoisotopic (exact) mass is 288 g/mol. The van der Waals surface area contributed by atoms with E-state index in [4.69, 9.17) is 0 Å². The van der Waals surface area contributed by atoms with Crippen molar-refractivity contribution < 1.29 is 5.11 Å². The molecule has 1 aromatic rings. The van der Waals surface area contributed by atoms with Gasteiger partial charge in [0.1, 0.15) is 0 Å². The molecule has 1 aliphatic carbocycles. The summed E-state index contributed by atoms with van der Waals surface area (Å²) < 4.78 is 1.22. The summed E-state index contributed by atoms with van der Waals surface area (Å²) in [6.07, 6.45) is 2.14. The lowest BCUT2D eigenvalue weighted by atomic mass is 10.0. The van der Waals surface area contributed by atoms with Crippen LogP contribution in [0, 0.1) is 16.4 Å². The molecule has 1 aliphatic rings. The van der Waals surface area contributed by atoms with Gasteiger partial charge in [-0.05, 0) is 59.4 Å². The van der Waals surface area contributed by atoms with E-state index in [1.54, 1.807) is 0 Å². The summed E-state index contributed by atoms with van der Waals surface area (Å²) in [5.74, 6) is 0.523. The summed E-state index contributed by atoms with van der Waals surface area (Å²) in [4.78, 5) is 0. The Balaban J connectivity index is 2.32. The van der Waals surface area contributed by atoms with E-state index in [1.165, 1.54) is 22.0 Å². The molecule has 1 N–H and O–H groups in total. The summed E-state index contributed by atoms with van der Waals surface area (Å²) >= 11 is 2.32. The van der Waals surface area contributed by atoms with Gasteiger partial charge in [-0.15, -0.1) is 0 Å². The third-order valence-electron chi connectivity index (χ3n) is 2.61. The number of aliphatic hydroxyl groups is 1. The number of hydrogen-bond acceptors (Lipinski definition) is 1. The van der Waals surface area contributed by atoms with Crippen molar-refractivity contribution in [2.75, 3.05) is 0 Å². The number of halogens is 1. The second kappa shape index (κ2) is 3.58. The predicted molar refractivity (Wildman–Crippen MR) is 61.6 cm³/mol. The van der Waals surface area contributed by atoms with Crippen LogP contribution in [-0.2, 0) is 0 Å². The van der Waals surface area contributed by atoms with Crippen LogP contribution in [0.5, 0.6) is 0 Å². The predicted octanol–water partition coefficient (Wildman–Crippen LogP) is 3.04. The number of aryl methyl sites for hydroxylation is 1. The Labute approximate surface area is 92.3 Å². The molecule has 0 spiro atoms. The molecule has 0 aromatic heterocycles. The maximum absolute atomic E-state index is 9.96. The van der Waals surface area contributed by atoms with Crippen LogP contribution in [0.4, 0.5) is 0 Å². The van der Waals surface area contributed by atoms with Crippen LogP contribution < -0.4 is 0 Å². The van der Waals surface area contributed by atoms with Gasteiger partial charge in [0.05, 0.1) is 6.10 Å². The Bertz CT molecular complexity index is 318. The van der Waals surface area contributed by atoms with Gasteiger partial charge in [-0.2, -0.15) is 0 Å². The fraction of sp³-hybridized carbons (Fsp3) is 0.455. The van der Waals surface area contributed by atoms with Crippen LogP contribution in [0.3, 0.4) is 0 Å². The number of hydrogen-bond donors (Lipinski definition) is 1. The Morgan fingerprint density at radius 3 is 2.77 bits per heavy atom. The minimum absolute atomic E-state index is 0.230. The molecule has 0 saturated heterocycles. The van der Waals surface area contributed by atoms with E-state index in [9.17, 15) is 5.11 Å². The normalized spacial score (nSPS) is 18.7. The number of rotatable bonds is 2. The molecule has 0 heterocycles. The molecule has 0 aliphatic heterocycles. The third-order valence-corrected chi connectivity index (χ3v) is 4.08. The van der Waals surface area contributed by atoms with Crippen LogP contribution in [-0.4, -0.2) is 5.11 Å². The van der Waals surface area contributed by atoms with E-state index in [1.807, 2.05) is 12.1 Å². The molecular weight excluding hydrogens is 275 g/mol. The average Bonchev–Trinajstić information content (AvgIpc) is 2.91. The molecular formula is C11H13IO. The van der Waals surface area contributed by atoms with Crippen LogP contribution in [0.15, 0.2) is 18.2 Å². The fourth-order valence-electron chi connectivity index (χ4n) is 1.56. The van der Waals surface area contributed by atoms with Crippen molar-refractivity contribution in [1.82, 2.24) is 0 Å². The summed E-state index contributed by atoms with van der Waals surface area (Å²) in [7, 11) is 0. The van der Waals surface area contributed by atoms with Crippen molar-refractivity contribution in [3.8, 4) is 0 Å². The molecule has 1 aromatic carbocycles. The lowest BCUT2D eigenvalue weighted by molar-refractivity contribution is 0.153. The Morgan fingerprint density at radius 2 is 2.15 bits per heavy atom. The Kier molecular flexibility index (Phi) is 2.60. The van der Waals surface area contributed by atoms with Crippen molar-refractivity contribution in [3.63, 3.8) is 0 Å². The summed E-state index contributed by atoms with van der Waals surface area (Å²) in [6.45, 7) is 2.09. The standard InChI is InChI=1S/C11H13IO/c1-7-3-2-4-9(10(7)12)11(13)8-5-6-8/h2-4,8,11,13H,5-6H2,1H3. The van der Waals surface area contributed by atoms with Crippen molar-refractivity contribution in [2.45, 2.75) is 25.9 Å². The summed E-state index contributed by atoms with van der Waals surface area (Å²) in [5, 5.41) is 9.96. The van der Waals surface area contributed by atoms with E-state index < -0.39 is 0 Å². The largest absolute Gasteiger partial charge is 0.388 e. The maximum Gasteiger partial charge on any atom is 0.0828 e. The highest BCUT2D eigenvalue weighted by atomic mass is 127. The van der Waals surface area contributed by atoms with E-state index in [2.05, 4.69) is 35.6 Å². The highest BCUT2D eigenvalue weighted by molar-refractivity contribution is 14.1. The zero-order valence-electron chi connectivity index (χ0n) is 7.63. The third kappa shape index (κ3) is 1.89. The molecule has 1 nitrogen and oxygen atoms in total. The van der Waals surface area contributed by atoms with Gasteiger partial charge in [0.25, 0.3) is 0 Å². The van der Waals surface area contributed by atoms with Gasteiger partial charge in [0, 0.05) is 3.57 Å². The summed E-state index contributed by atoms with van der Waals surface area (Å²) in [6, 6.07) is 6.15. The van der Waals surface area contributed by atoms with Crippen molar-refractivity contribution >= 4 is 22.6 Å². The average molecular weight is 288 g/mol. The zero-order valence-corrected chi connectivity index (χ0v) is 9.78. The van der Waals surface area contributed by atoms with Gasteiger partial charge in [-0.3, -0.25) is 0 Å². The molecule has 1 saturated carbocycles. The first kappa shape index (κ1) is 9.46. The van der Waals surface area contributed by atoms with Crippen molar-refractivity contribution in [2.24, 2.45) is 5.92 Å². The Hall–Kier alpha value is -0.0900. The first-order chi connectivity index (χ1) is 6.20. The zero-order chi connectivity index (χ0) is 9.42. The van der Waals surface area contributed by atoms with Crippen LogP contribution in [0.2, 0.25) is 0 Å². The molecule has 0 bridgehead atoms. The lowest BCUT2D eigenvalue weighted by Crippen LogP contribution is -2.02. The van der Waals surface area contributed by atoms with Gasteiger partial charge in [-0.25, -0.2) is 0 Å². The van der Waals surface area contributed by atoms with Gasteiger partial charge >= 0.3 is 0 Å². The van der Waals surface area contributed by atoms with E-state index in [-0.39, 0.29) is 6.10 Å². The lowest BCUT2D eigenvalue weighted by Gasteiger charge is -2.12. The first-order valence-electron chi connectivity index (χ1n) is 4.63. The first-order valence-corrected chi connectivity index (χ1v) is 5.71. The molecule has 0 radical (unpaired) electrons. The van der Waals surface area contributed by atoms with Crippen LogP contribution in [0.1, 0.15) is 30.1 Å². The molecule has 0 amide bonds. The minimum atomic E-state index is -0.230. The van der Waals surface area contributed by atoms with Gasteiger partial charge in [0.2, 0.25) is 0 Å². The second-order valence-corrected chi connectivity index (χ2v) is 4.84. The Morgan fingerprint density at radius 1 is 1.46 bits per heavy atom. The van der Waals surface area contributed by atoms with E-state index in [0.717, 1.165) is 5.56 Å². The van der Waals surface area contributed by atoms with Gasteiger partial charge in [-0.1, -0.05) is 18.2 Å². The van der Waals surface area contributed by atoms with E-state index >= 15 is 0 Å². The minimum Gasteiger partial charge on any atom is -0.388 e. The highest BCUT2D eigenvalue weighted by Crippen LogP contribution is 2.42. The molecule has 1 fully saturated rings. The topological polar surface area (TPSA) is 20.2 Å². The summed E-state index contributed by atoms with van der Waals surface area (Å²) in [5.41, 5.74) is 2.38. The van der Waals surface area contributed by atoms with Crippen molar-refractivity contribution in [1.29, 1.82) is 0 Å². The number of aliphatic hydroxyl groups excluding tert-OH is 1. The quantitative estimate of drug-likeness (QED) is 0.829. The smallest absolute Gasteiger partial charge is 0.0828 e. The molecule has 2 rings (SSSR count). The second-order valence-electron chi connectivity index (χ2n) is 3.76. The molecule has 1 atom stereocenters. The molecule has 70 valence electrons. The van der Waals surface area contributed by atoms with Crippen LogP contribution in [0.25, 0.3) is 0 Å². The SMILES string of the molecule is Cc1cccc(C(O)C2CC2)c1I. The molecule has 1 unspecified atom stereocenters. The van der Waals surface area contributed by atoms with Crippen molar-refractivity contribution in [3.05, 3.63) is 32.9 Å². The van der Waals surface area contributed by atoms with Gasteiger partial charge < -0.3 is 5.11 Å². The highest BCUT2D eigenvalue weighted by Gasteiger charge is 2.31. The maximum atomic E-state index is 9.96.